The van der Waals surface area contributed by atoms with Gasteiger partial charge in [0, 0.05) is 23.7 Å². The first-order chi connectivity index (χ1) is 13.8. The van der Waals surface area contributed by atoms with Crippen molar-refractivity contribution >= 4 is 29.1 Å². The molecule has 0 bridgehead atoms. The average molecular weight is 415 g/mol. The average Bonchev–Trinajstić information content (AvgIpc) is 2.97. The van der Waals surface area contributed by atoms with Crippen molar-refractivity contribution in [1.29, 1.82) is 0 Å². The zero-order valence-electron chi connectivity index (χ0n) is 16.6. The Hall–Kier alpha value is -2.83. The maximum Gasteiger partial charge on any atom is 0.295 e. The molecule has 7 heteroatoms. The van der Waals surface area contributed by atoms with Crippen molar-refractivity contribution < 1.29 is 19.4 Å². The van der Waals surface area contributed by atoms with E-state index in [4.69, 9.17) is 16.3 Å². The van der Waals surface area contributed by atoms with E-state index in [0.29, 0.717) is 35.0 Å². The van der Waals surface area contributed by atoms with Crippen molar-refractivity contribution in [3.8, 4) is 5.75 Å². The second-order valence-corrected chi connectivity index (χ2v) is 7.52. The first-order valence-electron chi connectivity index (χ1n) is 9.16. The standard InChI is InChI=1S/C22H23ClN2O4/c1-24(2)11-12-25-19(15-5-4-6-17(13-15)29-3)18(21(27)22(25)28)20(26)14-7-9-16(23)10-8-14/h4-10,13,19,26H,11-12H2,1-3H3/t19-/m0/s1. The smallest absolute Gasteiger partial charge is 0.295 e. The van der Waals surface area contributed by atoms with Gasteiger partial charge in [0.15, 0.2) is 0 Å². The Morgan fingerprint density at radius 1 is 1.17 bits per heavy atom. The number of nitrogens with zero attached hydrogens (tertiary/aromatic N) is 2. The molecular weight excluding hydrogens is 392 g/mol. The Kier molecular flexibility index (Phi) is 6.25. The van der Waals surface area contributed by atoms with E-state index in [0.717, 1.165) is 0 Å². The summed E-state index contributed by atoms with van der Waals surface area (Å²) in [6.07, 6.45) is 0. The number of likely N-dealkylation sites (N-methyl/N-ethyl adjacent to an activating group) is 1. The monoisotopic (exact) mass is 414 g/mol. The van der Waals surface area contributed by atoms with E-state index in [1.165, 1.54) is 4.90 Å². The molecule has 1 saturated heterocycles. The Labute approximate surface area is 174 Å². The van der Waals surface area contributed by atoms with E-state index in [9.17, 15) is 14.7 Å². The van der Waals surface area contributed by atoms with Crippen LogP contribution in [0.1, 0.15) is 17.2 Å². The summed E-state index contributed by atoms with van der Waals surface area (Å²) in [6.45, 7) is 0.922. The van der Waals surface area contributed by atoms with Crippen LogP contribution >= 0.6 is 11.6 Å². The number of likely N-dealkylation sites (tertiary alicyclic amines) is 1. The van der Waals surface area contributed by atoms with Gasteiger partial charge in [-0.2, -0.15) is 0 Å². The normalized spacial score (nSPS) is 18.5. The number of rotatable bonds is 6. The van der Waals surface area contributed by atoms with Crippen LogP contribution in [0.4, 0.5) is 0 Å². The molecule has 1 aliphatic rings. The molecule has 0 aliphatic carbocycles. The number of ether oxygens (including phenoxy) is 1. The molecule has 3 rings (SSSR count). The van der Waals surface area contributed by atoms with Gasteiger partial charge in [-0.15, -0.1) is 0 Å². The number of benzene rings is 2. The summed E-state index contributed by atoms with van der Waals surface area (Å²) in [5, 5.41) is 11.5. The van der Waals surface area contributed by atoms with E-state index in [1.54, 1.807) is 49.6 Å². The lowest BCUT2D eigenvalue weighted by Crippen LogP contribution is -2.35. The van der Waals surface area contributed by atoms with Crippen LogP contribution in [-0.4, -0.2) is 60.9 Å². The number of carbonyl (C=O) groups is 2. The predicted octanol–water partition coefficient (Wildman–Crippen LogP) is 3.33. The van der Waals surface area contributed by atoms with Crippen molar-refractivity contribution in [3.05, 3.63) is 70.3 Å². The molecule has 1 N–H and O–H groups in total. The summed E-state index contributed by atoms with van der Waals surface area (Å²) in [5.41, 5.74) is 1.18. The topological polar surface area (TPSA) is 70.1 Å². The van der Waals surface area contributed by atoms with Gasteiger partial charge in [-0.05, 0) is 56.1 Å². The Balaban J connectivity index is 2.15. The van der Waals surface area contributed by atoms with Crippen LogP contribution in [0.15, 0.2) is 54.1 Å². The number of carbonyl (C=O) groups excluding carboxylic acids is 2. The van der Waals surface area contributed by atoms with Gasteiger partial charge in [0.1, 0.15) is 11.5 Å². The van der Waals surface area contributed by atoms with Gasteiger partial charge in [0.05, 0.1) is 18.7 Å². The molecule has 1 fully saturated rings. The number of halogens is 1. The fraction of sp³-hybridized carbons (Fsp3) is 0.273. The highest BCUT2D eigenvalue weighted by Gasteiger charge is 2.45. The molecule has 0 radical (unpaired) electrons. The zero-order valence-corrected chi connectivity index (χ0v) is 17.3. The maximum atomic E-state index is 12.9. The fourth-order valence-corrected chi connectivity index (χ4v) is 3.47. The molecule has 6 nitrogen and oxygen atoms in total. The molecule has 2 aromatic carbocycles. The number of methoxy groups -OCH3 is 1. The van der Waals surface area contributed by atoms with Crippen LogP contribution in [0.2, 0.25) is 5.02 Å². The highest BCUT2D eigenvalue weighted by Crippen LogP contribution is 2.40. The van der Waals surface area contributed by atoms with Gasteiger partial charge in [0.2, 0.25) is 0 Å². The lowest BCUT2D eigenvalue weighted by Gasteiger charge is -2.26. The molecule has 0 spiro atoms. The lowest BCUT2D eigenvalue weighted by atomic mass is 9.95. The molecule has 0 aromatic heterocycles. The number of amides is 1. The van der Waals surface area contributed by atoms with Crippen molar-refractivity contribution in [3.63, 3.8) is 0 Å². The van der Waals surface area contributed by atoms with Gasteiger partial charge in [0.25, 0.3) is 11.7 Å². The van der Waals surface area contributed by atoms with Crippen LogP contribution in [0.5, 0.6) is 5.75 Å². The van der Waals surface area contributed by atoms with Crippen molar-refractivity contribution in [2.45, 2.75) is 6.04 Å². The first-order valence-corrected chi connectivity index (χ1v) is 9.54. The van der Waals surface area contributed by atoms with Crippen LogP contribution in [0.25, 0.3) is 5.76 Å². The molecule has 1 heterocycles. The third-order valence-electron chi connectivity index (χ3n) is 4.86. The molecule has 1 atom stereocenters. The highest BCUT2D eigenvalue weighted by atomic mass is 35.5. The van der Waals surface area contributed by atoms with Crippen LogP contribution in [0, 0.1) is 0 Å². The minimum absolute atomic E-state index is 0.0596. The van der Waals surface area contributed by atoms with E-state index in [2.05, 4.69) is 0 Å². The van der Waals surface area contributed by atoms with Crippen LogP contribution in [0.3, 0.4) is 0 Å². The van der Waals surface area contributed by atoms with Crippen molar-refractivity contribution in [2.75, 3.05) is 34.3 Å². The van der Waals surface area contributed by atoms with Gasteiger partial charge >= 0.3 is 0 Å². The number of aliphatic hydroxyl groups excluding tert-OH is 1. The van der Waals surface area contributed by atoms with E-state index < -0.39 is 17.7 Å². The summed E-state index contributed by atoms with van der Waals surface area (Å²) in [5.74, 6) is -0.952. The molecular formula is C22H23ClN2O4. The van der Waals surface area contributed by atoms with Gasteiger partial charge in [-0.1, -0.05) is 23.7 Å². The number of hydrogen-bond donors (Lipinski definition) is 1. The molecule has 0 saturated carbocycles. The molecule has 0 unspecified atom stereocenters. The molecule has 152 valence electrons. The minimum atomic E-state index is -0.708. The third-order valence-corrected chi connectivity index (χ3v) is 5.11. The van der Waals surface area contributed by atoms with Crippen LogP contribution in [-0.2, 0) is 9.59 Å². The predicted molar refractivity (Wildman–Crippen MR) is 112 cm³/mol. The van der Waals surface area contributed by atoms with Gasteiger partial charge in [-0.25, -0.2) is 0 Å². The molecule has 1 amide bonds. The van der Waals surface area contributed by atoms with E-state index >= 15 is 0 Å². The number of aliphatic hydroxyl groups is 1. The largest absolute Gasteiger partial charge is 0.507 e. The molecule has 29 heavy (non-hydrogen) atoms. The summed E-state index contributed by atoms with van der Waals surface area (Å²) < 4.78 is 5.31. The second kappa shape index (κ2) is 8.68. The van der Waals surface area contributed by atoms with Crippen LogP contribution < -0.4 is 4.74 Å². The second-order valence-electron chi connectivity index (χ2n) is 7.08. The summed E-state index contributed by atoms with van der Waals surface area (Å²) in [4.78, 5) is 29.1. The maximum absolute atomic E-state index is 12.9. The minimum Gasteiger partial charge on any atom is -0.507 e. The quantitative estimate of drug-likeness (QED) is 0.446. The fourth-order valence-electron chi connectivity index (χ4n) is 3.34. The van der Waals surface area contributed by atoms with Gasteiger partial charge in [-0.3, -0.25) is 9.59 Å². The summed E-state index contributed by atoms with van der Waals surface area (Å²) in [6, 6.07) is 12.9. The summed E-state index contributed by atoms with van der Waals surface area (Å²) in [7, 11) is 5.34. The first kappa shape index (κ1) is 20.9. The Morgan fingerprint density at radius 2 is 1.86 bits per heavy atom. The lowest BCUT2D eigenvalue weighted by molar-refractivity contribution is -0.140. The van der Waals surface area contributed by atoms with Crippen molar-refractivity contribution in [2.24, 2.45) is 0 Å². The Morgan fingerprint density at radius 3 is 2.48 bits per heavy atom. The van der Waals surface area contributed by atoms with Gasteiger partial charge < -0.3 is 19.6 Å². The SMILES string of the molecule is COc1cccc([C@H]2C(=C(O)c3ccc(Cl)cc3)C(=O)C(=O)N2CCN(C)C)c1. The van der Waals surface area contributed by atoms with E-state index in [-0.39, 0.29) is 11.3 Å². The van der Waals surface area contributed by atoms with Crippen molar-refractivity contribution in [1.82, 2.24) is 9.80 Å². The number of Topliss-reactive ketones (excluding diaryl/α,β-unsaturated/α-hetero) is 1. The zero-order chi connectivity index (χ0) is 21.1. The van der Waals surface area contributed by atoms with E-state index in [1.807, 2.05) is 25.1 Å². The highest BCUT2D eigenvalue weighted by molar-refractivity contribution is 6.46. The summed E-state index contributed by atoms with van der Waals surface area (Å²) >= 11 is 5.93. The number of ketones is 1. The molecule has 1 aliphatic heterocycles. The third kappa shape index (κ3) is 4.28. The Bertz CT molecular complexity index is 954. The molecule has 2 aromatic rings. The number of hydrogen-bond acceptors (Lipinski definition) is 5.